The molecular weight excluding hydrogens is 734 g/mol. The van der Waals surface area contributed by atoms with Crippen LogP contribution in [0.1, 0.15) is 89.5 Å². The molecule has 0 aliphatic carbocycles. The van der Waals surface area contributed by atoms with Crippen LogP contribution >= 0.6 is 0 Å². The van der Waals surface area contributed by atoms with Crippen molar-refractivity contribution in [3.05, 3.63) is 70.8 Å². The minimum Gasteiger partial charge on any atom is -0.465 e. The second-order valence-electron chi connectivity index (χ2n) is 17.2. The lowest BCUT2D eigenvalue weighted by molar-refractivity contribution is -0.147. The van der Waals surface area contributed by atoms with Gasteiger partial charge in [-0.3, -0.25) is 24.1 Å². The van der Waals surface area contributed by atoms with Crippen molar-refractivity contribution in [1.82, 2.24) is 25.3 Å². The van der Waals surface area contributed by atoms with E-state index in [0.717, 1.165) is 11.1 Å². The molecule has 0 spiro atoms. The number of carboxylic acid groups (broad SMARTS) is 2. The topological polar surface area (TPSA) is 238 Å². The predicted molar refractivity (Wildman–Crippen MR) is 211 cm³/mol. The van der Waals surface area contributed by atoms with E-state index in [4.69, 9.17) is 16.2 Å². The first-order valence-corrected chi connectivity index (χ1v) is 19.2. The molecule has 0 unspecified atom stereocenters. The van der Waals surface area contributed by atoms with E-state index in [1.54, 1.807) is 72.9 Å². The summed E-state index contributed by atoms with van der Waals surface area (Å²) in [7, 11) is 1.62. The summed E-state index contributed by atoms with van der Waals surface area (Å²) in [6.45, 7) is 13.0. The lowest BCUT2D eigenvalue weighted by Crippen LogP contribution is -2.61. The number of carbonyl (C=O) groups excluding carboxylic acids is 4. The first-order valence-electron chi connectivity index (χ1n) is 19.2. The van der Waals surface area contributed by atoms with E-state index in [-0.39, 0.29) is 13.1 Å². The number of nitrogens with zero attached hydrogens (tertiary/aromatic N) is 3. The monoisotopic (exact) mass is 793 g/mol. The fourth-order valence-electron chi connectivity index (χ4n) is 8.21. The molecule has 312 valence electrons. The maximum absolute atomic E-state index is 13.9. The van der Waals surface area contributed by atoms with Crippen molar-refractivity contribution in [2.75, 3.05) is 33.4 Å². The van der Waals surface area contributed by atoms with Crippen molar-refractivity contribution in [3.63, 3.8) is 0 Å². The lowest BCUT2D eigenvalue weighted by Gasteiger charge is -2.41. The van der Waals surface area contributed by atoms with E-state index < -0.39 is 69.8 Å². The van der Waals surface area contributed by atoms with Crippen LogP contribution in [0.5, 0.6) is 0 Å². The van der Waals surface area contributed by atoms with Gasteiger partial charge < -0.3 is 46.9 Å². The van der Waals surface area contributed by atoms with E-state index in [1.807, 2.05) is 24.3 Å². The zero-order chi connectivity index (χ0) is 42.5. The van der Waals surface area contributed by atoms with Gasteiger partial charge in [-0.1, -0.05) is 90.1 Å². The van der Waals surface area contributed by atoms with Crippen LogP contribution in [0.15, 0.2) is 48.5 Å². The molecule has 2 fully saturated rings. The van der Waals surface area contributed by atoms with Gasteiger partial charge in [-0.2, -0.15) is 0 Å². The molecule has 0 radical (unpaired) electrons. The van der Waals surface area contributed by atoms with Crippen LogP contribution in [0.25, 0.3) is 0 Å². The van der Waals surface area contributed by atoms with Crippen LogP contribution in [-0.4, -0.2) is 106 Å². The van der Waals surface area contributed by atoms with Gasteiger partial charge in [0.05, 0.1) is 6.61 Å². The third kappa shape index (κ3) is 9.50. The summed E-state index contributed by atoms with van der Waals surface area (Å²) in [5.74, 6) is -2.41. The van der Waals surface area contributed by atoms with Gasteiger partial charge in [0.15, 0.2) is 0 Å². The van der Waals surface area contributed by atoms with E-state index >= 15 is 0 Å². The number of benzene rings is 2. The van der Waals surface area contributed by atoms with Gasteiger partial charge in [-0.15, -0.1) is 0 Å². The summed E-state index contributed by atoms with van der Waals surface area (Å²) < 4.78 is 5.40. The van der Waals surface area contributed by atoms with Gasteiger partial charge in [0.2, 0.25) is 23.6 Å². The molecule has 4 atom stereocenters. The van der Waals surface area contributed by atoms with E-state index in [0.29, 0.717) is 63.1 Å². The largest absolute Gasteiger partial charge is 0.465 e. The van der Waals surface area contributed by atoms with Crippen molar-refractivity contribution in [2.45, 2.75) is 103 Å². The molecule has 57 heavy (non-hydrogen) atoms. The van der Waals surface area contributed by atoms with Crippen molar-refractivity contribution in [2.24, 2.45) is 22.3 Å². The molecule has 2 saturated heterocycles. The van der Waals surface area contributed by atoms with Crippen molar-refractivity contribution in [3.8, 4) is 0 Å². The molecule has 2 aliphatic rings. The second kappa shape index (κ2) is 17.5. The number of nitrogens with two attached hydrogens (primary N) is 2. The number of likely N-dealkylation sites (tertiary alicyclic amines) is 2. The highest BCUT2D eigenvalue weighted by atomic mass is 16.5. The average molecular weight is 794 g/mol. The van der Waals surface area contributed by atoms with Gasteiger partial charge in [-0.25, -0.2) is 9.59 Å². The number of nitrogens with one attached hydrogen (secondary N) is 2. The summed E-state index contributed by atoms with van der Waals surface area (Å²) in [6, 6.07) is 12.5. The Morgan fingerprint density at radius 1 is 0.702 bits per heavy atom. The minimum atomic E-state index is -1.45. The van der Waals surface area contributed by atoms with Crippen molar-refractivity contribution >= 4 is 35.8 Å². The van der Waals surface area contributed by atoms with Crippen LogP contribution in [0.2, 0.25) is 0 Å². The Balaban J connectivity index is 1.58. The fraction of sp³-hybridized carbons (Fsp3) is 0.561. The van der Waals surface area contributed by atoms with Crippen LogP contribution in [-0.2, 0) is 48.1 Å². The average Bonchev–Trinajstić information content (AvgIpc) is 3.78. The maximum Gasteiger partial charge on any atom is 0.405 e. The lowest BCUT2D eigenvalue weighted by atomic mass is 9.82. The summed E-state index contributed by atoms with van der Waals surface area (Å²) in [5, 5.41) is 23.7. The standard InChI is InChI=1S/C41H59N7O9/c1-38(2,3)30(44-36(53)54)32(49)47-20-8-18-40(47,34(42)51)28-14-10-26(11-15-28)24-46(22-23-57-7)25-27-12-16-29(17-13-27)41(35(43)52)19-9-21-48(41)33(50)31(39(4,5)6)45-37(55)56/h10-17,30-31,44-45H,8-9,18-25H2,1-7H3,(H2,42,51)(H2,43,52)(H,53,54)(H,55,56)/t30-,31-,40+,41+/m1/s1. The molecule has 6 amide bonds. The van der Waals surface area contributed by atoms with E-state index in [9.17, 15) is 39.0 Å². The molecule has 4 rings (SSSR count). The Bertz CT molecular complexity index is 1680. The zero-order valence-electron chi connectivity index (χ0n) is 34.1. The highest BCUT2D eigenvalue weighted by molar-refractivity contribution is 5.96. The molecule has 16 nitrogen and oxygen atoms in total. The normalized spacial score (nSPS) is 20.9. The maximum atomic E-state index is 13.9. The van der Waals surface area contributed by atoms with Gasteiger partial charge in [0.1, 0.15) is 23.2 Å². The highest BCUT2D eigenvalue weighted by Gasteiger charge is 2.54. The predicted octanol–water partition coefficient (Wildman–Crippen LogP) is 3.31. The summed E-state index contributed by atoms with van der Waals surface area (Å²) >= 11 is 0. The number of hydrogen-bond acceptors (Lipinski definition) is 8. The van der Waals surface area contributed by atoms with Crippen LogP contribution in [0.3, 0.4) is 0 Å². The quantitative estimate of drug-likeness (QED) is 0.154. The number of methoxy groups -OCH3 is 1. The van der Waals surface area contributed by atoms with Gasteiger partial charge in [0, 0.05) is 39.8 Å². The third-order valence-corrected chi connectivity index (χ3v) is 11.2. The molecular formula is C41H59N7O9. The summed E-state index contributed by atoms with van der Waals surface area (Å²) in [4.78, 5) is 82.6. The van der Waals surface area contributed by atoms with Gasteiger partial charge in [-0.05, 0) is 58.8 Å². The molecule has 2 aromatic rings. The fourth-order valence-corrected chi connectivity index (χ4v) is 8.21. The molecule has 0 bridgehead atoms. The van der Waals surface area contributed by atoms with E-state index in [2.05, 4.69) is 15.5 Å². The van der Waals surface area contributed by atoms with Crippen LogP contribution in [0.4, 0.5) is 9.59 Å². The number of rotatable bonds is 15. The number of primary amides is 2. The van der Waals surface area contributed by atoms with Gasteiger partial charge in [0.25, 0.3) is 0 Å². The Hall–Kier alpha value is -5.22. The molecule has 16 heteroatoms. The Morgan fingerprint density at radius 3 is 1.33 bits per heavy atom. The SMILES string of the molecule is COCCN(Cc1ccc([C@]2(C(N)=O)CCCN2C(=O)[C@@H](NC(=O)O)C(C)(C)C)cc1)Cc1ccc([C@]2(C(N)=O)CCCN2C(=O)[C@@H](NC(=O)O)C(C)(C)C)cc1. The molecule has 0 aromatic heterocycles. The second-order valence-corrected chi connectivity index (χ2v) is 17.2. The highest BCUT2D eigenvalue weighted by Crippen LogP contribution is 2.42. The smallest absolute Gasteiger partial charge is 0.405 e. The number of carbonyl (C=O) groups is 6. The minimum absolute atomic E-state index is 0.245. The molecule has 2 heterocycles. The summed E-state index contributed by atoms with van der Waals surface area (Å²) in [5.41, 5.74) is 10.6. The molecule has 2 aliphatic heterocycles. The molecule has 2 aromatic carbocycles. The van der Waals surface area contributed by atoms with Crippen molar-refractivity contribution < 1.29 is 43.7 Å². The first kappa shape index (κ1) is 44.5. The molecule has 0 saturated carbocycles. The van der Waals surface area contributed by atoms with Crippen LogP contribution < -0.4 is 22.1 Å². The first-order chi connectivity index (χ1) is 26.6. The van der Waals surface area contributed by atoms with Crippen molar-refractivity contribution in [1.29, 1.82) is 0 Å². The summed E-state index contributed by atoms with van der Waals surface area (Å²) in [6.07, 6.45) is -1.06. The Morgan fingerprint density at radius 2 is 1.05 bits per heavy atom. The van der Waals surface area contributed by atoms with Crippen LogP contribution in [0, 0.1) is 10.8 Å². The Labute approximate surface area is 334 Å². The van der Waals surface area contributed by atoms with Gasteiger partial charge >= 0.3 is 12.2 Å². The third-order valence-electron chi connectivity index (χ3n) is 11.2. The van der Waals surface area contributed by atoms with E-state index in [1.165, 1.54) is 9.80 Å². The number of ether oxygens (including phenoxy) is 1. The number of hydrogen-bond donors (Lipinski definition) is 6. The Kier molecular flexibility index (Phi) is 13.7. The zero-order valence-corrected chi connectivity index (χ0v) is 34.1. The molecule has 8 N–H and O–H groups in total. The number of amides is 6.